The quantitative estimate of drug-likeness (QED) is 0.852. The zero-order valence-electron chi connectivity index (χ0n) is 9.51. The molecule has 1 amide bonds. The normalized spacial score (nSPS) is 22.7. The van der Waals surface area contributed by atoms with Crippen LogP contribution < -0.4 is 10.6 Å². The van der Waals surface area contributed by atoms with Gasteiger partial charge in [0.1, 0.15) is 0 Å². The summed E-state index contributed by atoms with van der Waals surface area (Å²) >= 11 is 1.34. The molecule has 0 aromatic carbocycles. The van der Waals surface area contributed by atoms with Crippen molar-refractivity contribution in [3.8, 4) is 0 Å². The molecule has 1 aliphatic heterocycles. The minimum Gasteiger partial charge on any atom is -0.301 e. The lowest BCUT2D eigenvalue weighted by molar-refractivity contribution is -0.118. The average Bonchev–Trinajstić information content (AvgIpc) is 2.71. The minimum absolute atomic E-state index is 0.443. The fourth-order valence-corrected chi connectivity index (χ4v) is 2.44. The molecule has 0 aliphatic carbocycles. The first-order chi connectivity index (χ1) is 7.87. The Labute approximate surface area is 101 Å². The number of carbonyl (C=O) groups is 1. The van der Waals surface area contributed by atoms with Crippen LogP contribution in [-0.2, 0) is 4.79 Å². The number of aryl methyl sites for hydroxylation is 2. The van der Waals surface area contributed by atoms with Gasteiger partial charge in [-0.2, -0.15) is 0 Å². The number of hydrogen-bond acceptors (Lipinski definition) is 4. The van der Waals surface area contributed by atoms with Gasteiger partial charge < -0.3 is 5.32 Å². The van der Waals surface area contributed by atoms with E-state index in [9.17, 15) is 13.6 Å². The molecule has 17 heavy (non-hydrogen) atoms. The average molecular weight is 261 g/mol. The molecule has 2 heterocycles. The molecule has 0 radical (unpaired) electrons. The Morgan fingerprint density at radius 2 is 2.29 bits per heavy atom. The van der Waals surface area contributed by atoms with Crippen molar-refractivity contribution in [2.75, 3.05) is 11.9 Å². The van der Waals surface area contributed by atoms with Crippen molar-refractivity contribution >= 4 is 22.4 Å². The third-order valence-corrected chi connectivity index (χ3v) is 3.67. The Morgan fingerprint density at radius 1 is 1.59 bits per heavy atom. The molecule has 7 heteroatoms. The van der Waals surface area contributed by atoms with Crippen molar-refractivity contribution < 1.29 is 13.6 Å². The molecule has 94 valence electrons. The zero-order valence-corrected chi connectivity index (χ0v) is 10.3. The summed E-state index contributed by atoms with van der Waals surface area (Å²) < 4.78 is 25.8. The Kier molecular flexibility index (Phi) is 3.13. The van der Waals surface area contributed by atoms with Gasteiger partial charge in [0.25, 0.3) is 5.92 Å². The molecule has 1 aliphatic rings. The van der Waals surface area contributed by atoms with E-state index in [-0.39, 0.29) is 0 Å². The molecule has 1 atom stereocenters. The van der Waals surface area contributed by atoms with E-state index < -0.39 is 30.8 Å². The Morgan fingerprint density at radius 3 is 2.76 bits per heavy atom. The van der Waals surface area contributed by atoms with E-state index in [1.54, 1.807) is 0 Å². The van der Waals surface area contributed by atoms with Crippen molar-refractivity contribution in [1.82, 2.24) is 10.3 Å². The van der Waals surface area contributed by atoms with Gasteiger partial charge in [-0.15, -0.1) is 11.3 Å². The van der Waals surface area contributed by atoms with Gasteiger partial charge in [0, 0.05) is 11.3 Å². The molecule has 1 aromatic heterocycles. The highest BCUT2D eigenvalue weighted by molar-refractivity contribution is 7.15. The summed E-state index contributed by atoms with van der Waals surface area (Å²) in [5.74, 6) is -3.24. The predicted molar refractivity (Wildman–Crippen MR) is 61.6 cm³/mol. The molecular formula is C10H13F2N3OS. The number of nitrogens with zero attached hydrogens (tertiary/aromatic N) is 1. The molecule has 0 saturated carbocycles. The fraction of sp³-hybridized carbons (Fsp3) is 0.600. The molecule has 0 spiro atoms. The van der Waals surface area contributed by atoms with Gasteiger partial charge in [-0.3, -0.25) is 10.1 Å². The molecule has 1 unspecified atom stereocenters. The number of halogens is 2. The van der Waals surface area contributed by atoms with E-state index in [1.165, 1.54) is 11.3 Å². The first-order valence-electron chi connectivity index (χ1n) is 5.23. The van der Waals surface area contributed by atoms with Crippen LogP contribution in [0.1, 0.15) is 17.0 Å². The predicted octanol–water partition coefficient (Wildman–Crippen LogP) is 1.70. The molecule has 4 nitrogen and oxygen atoms in total. The maximum atomic E-state index is 12.9. The molecule has 1 saturated heterocycles. The van der Waals surface area contributed by atoms with Crippen molar-refractivity contribution in [1.29, 1.82) is 0 Å². The monoisotopic (exact) mass is 261 g/mol. The number of anilines is 1. The molecule has 2 rings (SSSR count). The third kappa shape index (κ3) is 2.78. The van der Waals surface area contributed by atoms with Crippen LogP contribution in [0.3, 0.4) is 0 Å². The highest BCUT2D eigenvalue weighted by atomic mass is 32.1. The lowest BCUT2D eigenvalue weighted by Crippen LogP contribution is -2.35. The number of hydrogen-bond donors (Lipinski definition) is 2. The summed E-state index contributed by atoms with van der Waals surface area (Å²) in [5, 5.41) is 5.52. The zero-order chi connectivity index (χ0) is 12.6. The molecule has 1 aromatic rings. The van der Waals surface area contributed by atoms with Crippen LogP contribution in [0, 0.1) is 13.8 Å². The van der Waals surface area contributed by atoms with E-state index in [1.807, 2.05) is 13.8 Å². The van der Waals surface area contributed by atoms with Crippen molar-refractivity contribution in [3.05, 3.63) is 10.6 Å². The highest BCUT2D eigenvalue weighted by Crippen LogP contribution is 2.26. The molecule has 0 bridgehead atoms. The SMILES string of the molecule is Cc1nc(NC(=O)C2CC(F)(F)CN2)sc1C. The van der Waals surface area contributed by atoms with Gasteiger partial charge in [0.05, 0.1) is 18.3 Å². The highest BCUT2D eigenvalue weighted by Gasteiger charge is 2.42. The summed E-state index contributed by atoms with van der Waals surface area (Å²) in [6.45, 7) is 3.29. The van der Waals surface area contributed by atoms with Gasteiger partial charge >= 0.3 is 0 Å². The van der Waals surface area contributed by atoms with Gasteiger partial charge in [-0.05, 0) is 13.8 Å². The number of carbonyl (C=O) groups excluding carboxylic acids is 1. The summed E-state index contributed by atoms with van der Waals surface area (Å²) in [4.78, 5) is 16.8. The largest absolute Gasteiger partial charge is 0.301 e. The van der Waals surface area contributed by atoms with Crippen LogP contribution in [0.15, 0.2) is 0 Å². The van der Waals surface area contributed by atoms with Crippen molar-refractivity contribution in [2.45, 2.75) is 32.2 Å². The summed E-state index contributed by atoms with van der Waals surface area (Å²) in [7, 11) is 0. The topological polar surface area (TPSA) is 54.0 Å². The van der Waals surface area contributed by atoms with E-state index in [2.05, 4.69) is 15.6 Å². The lowest BCUT2D eigenvalue weighted by atomic mass is 10.2. The van der Waals surface area contributed by atoms with Crippen molar-refractivity contribution in [3.63, 3.8) is 0 Å². The van der Waals surface area contributed by atoms with Crippen LogP contribution in [0.2, 0.25) is 0 Å². The minimum atomic E-state index is -2.79. The van der Waals surface area contributed by atoms with Crippen LogP contribution in [0.25, 0.3) is 0 Å². The van der Waals surface area contributed by atoms with Gasteiger partial charge in [-0.1, -0.05) is 0 Å². The Bertz CT molecular complexity index is 427. The third-order valence-electron chi connectivity index (χ3n) is 2.69. The van der Waals surface area contributed by atoms with Crippen LogP contribution in [0.4, 0.5) is 13.9 Å². The Balaban J connectivity index is 1.98. The van der Waals surface area contributed by atoms with Crippen LogP contribution >= 0.6 is 11.3 Å². The van der Waals surface area contributed by atoms with Crippen molar-refractivity contribution in [2.24, 2.45) is 0 Å². The fourth-order valence-electron chi connectivity index (χ4n) is 1.62. The van der Waals surface area contributed by atoms with E-state index in [4.69, 9.17) is 0 Å². The molecule has 1 fully saturated rings. The number of thiazole rings is 1. The van der Waals surface area contributed by atoms with Gasteiger partial charge in [-0.25, -0.2) is 13.8 Å². The van der Waals surface area contributed by atoms with E-state index >= 15 is 0 Å². The number of nitrogens with one attached hydrogen (secondary N) is 2. The van der Waals surface area contributed by atoms with Gasteiger partial charge in [0.15, 0.2) is 5.13 Å². The van der Waals surface area contributed by atoms with E-state index in [0.29, 0.717) is 5.13 Å². The second-order valence-corrected chi connectivity index (χ2v) is 5.35. The number of alkyl halides is 2. The number of amides is 1. The maximum absolute atomic E-state index is 12.9. The standard InChI is InChI=1S/C10H13F2N3OS/c1-5-6(2)17-9(14-5)15-8(16)7-3-10(11,12)4-13-7/h7,13H,3-4H2,1-2H3,(H,14,15,16). The summed E-state index contributed by atoms with van der Waals surface area (Å²) in [6.07, 6.45) is -0.456. The van der Waals surface area contributed by atoms with E-state index in [0.717, 1.165) is 10.6 Å². The maximum Gasteiger partial charge on any atom is 0.262 e. The van der Waals surface area contributed by atoms with Gasteiger partial charge in [0.2, 0.25) is 5.91 Å². The first-order valence-corrected chi connectivity index (χ1v) is 6.05. The second kappa shape index (κ2) is 4.30. The smallest absolute Gasteiger partial charge is 0.262 e. The molecular weight excluding hydrogens is 248 g/mol. The summed E-state index contributed by atoms with van der Waals surface area (Å²) in [6, 6.07) is -0.838. The Hall–Kier alpha value is -1.08. The van der Waals surface area contributed by atoms with Crippen LogP contribution in [-0.4, -0.2) is 29.4 Å². The number of rotatable bonds is 2. The summed E-state index contributed by atoms with van der Waals surface area (Å²) in [5.41, 5.74) is 0.843. The lowest BCUT2D eigenvalue weighted by Gasteiger charge is -2.08. The first kappa shape index (κ1) is 12.4. The number of aromatic nitrogens is 1. The molecule has 2 N–H and O–H groups in total. The van der Waals surface area contributed by atoms with Crippen LogP contribution in [0.5, 0.6) is 0 Å². The second-order valence-electron chi connectivity index (χ2n) is 4.14.